The normalized spacial score (nSPS) is 12.5. The molecular weight excluding hydrogens is 315 g/mol. The van der Waals surface area contributed by atoms with Crippen molar-refractivity contribution >= 4 is 27.6 Å². The first-order valence-corrected chi connectivity index (χ1v) is 8.20. The van der Waals surface area contributed by atoms with Gasteiger partial charge >= 0.3 is 0 Å². The zero-order valence-electron chi connectivity index (χ0n) is 12.3. The minimum Gasteiger partial charge on any atom is -0.355 e. The molecule has 2 amide bonds. The van der Waals surface area contributed by atoms with Gasteiger partial charge in [0.15, 0.2) is 6.10 Å². The van der Waals surface area contributed by atoms with E-state index in [-0.39, 0.29) is 17.7 Å². The van der Waals surface area contributed by atoms with E-state index in [0.717, 1.165) is 12.3 Å². The van der Waals surface area contributed by atoms with E-state index in [1.54, 1.807) is 6.92 Å². The second kappa shape index (κ2) is 7.32. The number of nitrogens with one attached hydrogen (secondary N) is 2. The van der Waals surface area contributed by atoms with Crippen molar-refractivity contribution < 1.29 is 26.6 Å². The number of amides is 2. The molecule has 0 aliphatic rings. The van der Waals surface area contributed by atoms with Gasteiger partial charge in [-0.2, -0.15) is 8.42 Å². The van der Waals surface area contributed by atoms with Crippen LogP contribution in [0.2, 0.25) is 0 Å². The third-order valence-electron chi connectivity index (χ3n) is 2.66. The highest BCUT2D eigenvalue weighted by molar-refractivity contribution is 7.86. The van der Waals surface area contributed by atoms with Gasteiger partial charge in [0.1, 0.15) is 5.82 Å². The molecule has 0 radical (unpaired) electrons. The van der Waals surface area contributed by atoms with Gasteiger partial charge in [-0.15, -0.1) is 0 Å². The number of benzene rings is 1. The van der Waals surface area contributed by atoms with Crippen molar-refractivity contribution in [1.29, 1.82) is 0 Å². The van der Waals surface area contributed by atoms with E-state index in [0.29, 0.717) is 0 Å². The fourth-order valence-electron chi connectivity index (χ4n) is 1.64. The number of carbonyl (C=O) groups is 2. The first-order valence-electron chi connectivity index (χ1n) is 6.38. The number of halogens is 1. The van der Waals surface area contributed by atoms with Gasteiger partial charge in [-0.1, -0.05) is 6.92 Å². The molecule has 122 valence electrons. The van der Waals surface area contributed by atoms with Crippen LogP contribution in [0, 0.1) is 5.82 Å². The van der Waals surface area contributed by atoms with E-state index < -0.39 is 33.9 Å². The molecule has 0 spiro atoms. The number of hydrogen-bond acceptors (Lipinski definition) is 5. The Morgan fingerprint density at radius 2 is 2.00 bits per heavy atom. The number of rotatable bonds is 6. The minimum absolute atomic E-state index is 0.0886. The summed E-state index contributed by atoms with van der Waals surface area (Å²) in [6.07, 6.45) is -0.255. The average Bonchev–Trinajstić information content (AvgIpc) is 2.43. The van der Waals surface area contributed by atoms with Gasteiger partial charge in [-0.05, 0) is 24.6 Å². The maximum absolute atomic E-state index is 13.8. The molecule has 0 saturated carbocycles. The van der Waals surface area contributed by atoms with Crippen molar-refractivity contribution in [2.45, 2.75) is 19.4 Å². The lowest BCUT2D eigenvalue weighted by atomic mass is 10.1. The molecule has 0 unspecified atom stereocenters. The molecule has 0 heterocycles. The zero-order valence-corrected chi connectivity index (χ0v) is 13.2. The van der Waals surface area contributed by atoms with Crippen LogP contribution in [0.15, 0.2) is 18.2 Å². The quantitative estimate of drug-likeness (QED) is 0.753. The molecule has 1 atom stereocenters. The van der Waals surface area contributed by atoms with Crippen molar-refractivity contribution in [3.8, 4) is 0 Å². The van der Waals surface area contributed by atoms with Crippen LogP contribution in [-0.2, 0) is 19.1 Å². The first-order chi connectivity index (χ1) is 10.2. The largest absolute Gasteiger partial charge is 0.355 e. The third kappa shape index (κ3) is 5.08. The molecule has 1 aromatic carbocycles. The molecule has 0 aromatic heterocycles. The SMILES string of the molecule is CC[C@@H](OS(C)(=O)=O)C(=O)Nc1ccc(C(=O)NC)c(F)c1. The van der Waals surface area contributed by atoms with Crippen molar-refractivity contribution in [2.75, 3.05) is 18.6 Å². The summed E-state index contributed by atoms with van der Waals surface area (Å²) in [5.41, 5.74) is -0.0781. The maximum atomic E-state index is 13.8. The van der Waals surface area contributed by atoms with Crippen LogP contribution in [0.25, 0.3) is 0 Å². The number of hydrogen-bond donors (Lipinski definition) is 2. The topological polar surface area (TPSA) is 102 Å². The number of anilines is 1. The summed E-state index contributed by atoms with van der Waals surface area (Å²) in [6.45, 7) is 1.57. The Kier molecular flexibility index (Phi) is 6.01. The molecule has 1 rings (SSSR count). The van der Waals surface area contributed by atoms with Gasteiger partial charge in [0, 0.05) is 12.7 Å². The second-order valence-electron chi connectivity index (χ2n) is 4.46. The molecule has 0 saturated heterocycles. The van der Waals surface area contributed by atoms with Crippen LogP contribution in [0.4, 0.5) is 10.1 Å². The predicted molar refractivity (Wildman–Crippen MR) is 78.4 cm³/mol. The van der Waals surface area contributed by atoms with E-state index >= 15 is 0 Å². The highest BCUT2D eigenvalue weighted by Crippen LogP contribution is 2.16. The summed E-state index contributed by atoms with van der Waals surface area (Å²) in [5, 5.41) is 4.62. The molecule has 0 aliphatic heterocycles. The summed E-state index contributed by atoms with van der Waals surface area (Å²) in [5.74, 6) is -2.13. The van der Waals surface area contributed by atoms with Gasteiger partial charge in [0.05, 0.1) is 11.8 Å². The molecule has 0 fully saturated rings. The van der Waals surface area contributed by atoms with E-state index in [2.05, 4.69) is 14.8 Å². The maximum Gasteiger partial charge on any atom is 0.265 e. The molecule has 7 nitrogen and oxygen atoms in total. The summed E-state index contributed by atoms with van der Waals surface area (Å²) >= 11 is 0. The monoisotopic (exact) mass is 332 g/mol. The summed E-state index contributed by atoms with van der Waals surface area (Å²) < 4.78 is 40.5. The van der Waals surface area contributed by atoms with Crippen molar-refractivity contribution in [3.63, 3.8) is 0 Å². The molecule has 1 aromatic rings. The highest BCUT2D eigenvalue weighted by atomic mass is 32.2. The Morgan fingerprint density at radius 3 is 2.45 bits per heavy atom. The molecule has 0 aliphatic carbocycles. The lowest BCUT2D eigenvalue weighted by Gasteiger charge is -2.14. The Labute approximate surface area is 128 Å². The highest BCUT2D eigenvalue weighted by Gasteiger charge is 2.22. The zero-order chi connectivity index (χ0) is 16.9. The van der Waals surface area contributed by atoms with Gasteiger partial charge < -0.3 is 10.6 Å². The van der Waals surface area contributed by atoms with Crippen molar-refractivity contribution in [2.24, 2.45) is 0 Å². The summed E-state index contributed by atoms with van der Waals surface area (Å²) in [4.78, 5) is 23.3. The second-order valence-corrected chi connectivity index (χ2v) is 6.06. The lowest BCUT2D eigenvalue weighted by Crippen LogP contribution is -2.31. The average molecular weight is 332 g/mol. The Balaban J connectivity index is 2.88. The van der Waals surface area contributed by atoms with Crippen LogP contribution in [-0.4, -0.2) is 39.6 Å². The van der Waals surface area contributed by atoms with Crippen LogP contribution >= 0.6 is 0 Å². The van der Waals surface area contributed by atoms with Crippen LogP contribution < -0.4 is 10.6 Å². The van der Waals surface area contributed by atoms with Crippen molar-refractivity contribution in [3.05, 3.63) is 29.6 Å². The van der Waals surface area contributed by atoms with Crippen LogP contribution in [0.3, 0.4) is 0 Å². The van der Waals surface area contributed by atoms with Crippen LogP contribution in [0.1, 0.15) is 23.7 Å². The Morgan fingerprint density at radius 1 is 1.36 bits per heavy atom. The van der Waals surface area contributed by atoms with Gasteiger partial charge in [-0.25, -0.2) is 4.39 Å². The van der Waals surface area contributed by atoms with E-state index in [4.69, 9.17) is 0 Å². The van der Waals surface area contributed by atoms with Crippen LogP contribution in [0.5, 0.6) is 0 Å². The van der Waals surface area contributed by atoms with Crippen molar-refractivity contribution in [1.82, 2.24) is 5.32 Å². The molecule has 9 heteroatoms. The first kappa shape index (κ1) is 18.1. The predicted octanol–water partition coefficient (Wildman–Crippen LogP) is 0.879. The van der Waals surface area contributed by atoms with E-state index in [1.807, 2.05) is 0 Å². The van der Waals surface area contributed by atoms with E-state index in [1.165, 1.54) is 19.2 Å². The van der Waals surface area contributed by atoms with Gasteiger partial charge in [0.2, 0.25) is 0 Å². The standard InChI is InChI=1S/C13H17FN2O5S/c1-4-11(21-22(3,19)20)13(18)16-8-5-6-9(10(14)7-8)12(17)15-2/h5-7,11H,4H2,1-3H3,(H,15,17)(H,16,18)/t11-/m1/s1. The molecule has 0 bridgehead atoms. The van der Waals surface area contributed by atoms with Gasteiger partial charge in [0.25, 0.3) is 21.9 Å². The summed E-state index contributed by atoms with van der Waals surface area (Å²) in [6, 6.07) is 3.51. The lowest BCUT2D eigenvalue weighted by molar-refractivity contribution is -0.122. The number of carbonyl (C=O) groups excluding carboxylic acids is 2. The van der Waals surface area contributed by atoms with E-state index in [9.17, 15) is 22.4 Å². The smallest absolute Gasteiger partial charge is 0.265 e. The fourth-order valence-corrected chi connectivity index (χ4v) is 2.29. The molecule has 22 heavy (non-hydrogen) atoms. The minimum atomic E-state index is -3.79. The molecular formula is C13H17FN2O5S. The van der Waals surface area contributed by atoms with Gasteiger partial charge in [-0.3, -0.25) is 13.8 Å². The summed E-state index contributed by atoms with van der Waals surface area (Å²) in [7, 11) is -2.42. The third-order valence-corrected chi connectivity index (χ3v) is 3.24. The Hall–Kier alpha value is -2.00. The molecule has 2 N–H and O–H groups in total. The Bertz CT molecular complexity index is 675. The fraction of sp³-hybridized carbons (Fsp3) is 0.385.